The molecular formula is C28H27N3O4. The molecule has 0 radical (unpaired) electrons. The SMILES string of the molecule is COc1ccccc1[C@@H]1NN(C(=O)c2ccc(C)cc2)[C@@H]2C(=O)N(c3ccc(C)c(C)c3)C(=O)[C@@H]21. The zero-order chi connectivity index (χ0) is 24.9. The van der Waals surface area contributed by atoms with Crippen LogP contribution in [0.25, 0.3) is 0 Å². The first-order valence-corrected chi connectivity index (χ1v) is 11.6. The number of fused-ring (bicyclic) bond motifs is 1. The number of imide groups is 1. The van der Waals surface area contributed by atoms with Gasteiger partial charge in [0.15, 0.2) is 0 Å². The van der Waals surface area contributed by atoms with Crippen LogP contribution >= 0.6 is 0 Å². The minimum absolute atomic E-state index is 0.342. The van der Waals surface area contributed by atoms with Crippen molar-refractivity contribution in [2.75, 3.05) is 12.0 Å². The van der Waals surface area contributed by atoms with E-state index in [1.54, 1.807) is 31.4 Å². The number of ether oxygens (including phenoxy) is 1. The molecule has 2 aliphatic heterocycles. The molecule has 2 heterocycles. The molecule has 0 aliphatic carbocycles. The van der Waals surface area contributed by atoms with Crippen LogP contribution in [0.4, 0.5) is 5.69 Å². The van der Waals surface area contributed by atoms with Crippen LogP contribution < -0.4 is 15.1 Å². The molecule has 0 unspecified atom stereocenters. The van der Waals surface area contributed by atoms with Crippen LogP contribution in [-0.4, -0.2) is 35.9 Å². The van der Waals surface area contributed by atoms with Crippen molar-refractivity contribution >= 4 is 23.4 Å². The predicted octanol–water partition coefficient (Wildman–Crippen LogP) is 3.88. The highest BCUT2D eigenvalue weighted by Gasteiger charge is 2.60. The fraction of sp³-hybridized carbons (Fsp3) is 0.250. The molecule has 0 spiro atoms. The summed E-state index contributed by atoms with van der Waals surface area (Å²) in [6, 6.07) is 18.4. The van der Waals surface area contributed by atoms with Gasteiger partial charge in [-0.25, -0.2) is 10.3 Å². The molecule has 3 aromatic carbocycles. The smallest absolute Gasteiger partial charge is 0.268 e. The summed E-state index contributed by atoms with van der Waals surface area (Å²) in [5, 5.41) is 1.33. The van der Waals surface area contributed by atoms with Crippen LogP contribution in [0.15, 0.2) is 66.7 Å². The molecule has 2 fully saturated rings. The molecule has 3 atom stereocenters. The summed E-state index contributed by atoms with van der Waals surface area (Å²) in [4.78, 5) is 42.4. The van der Waals surface area contributed by atoms with E-state index < -0.39 is 23.9 Å². The second-order valence-corrected chi connectivity index (χ2v) is 9.14. The summed E-state index contributed by atoms with van der Waals surface area (Å²) < 4.78 is 5.55. The standard InChI is InChI=1S/C28H27N3O4/c1-16-9-12-19(13-10-16)26(32)31-25-23(24(29-31)21-7-5-6-8-22(21)35-4)27(33)30(28(25)34)20-14-11-17(2)18(3)15-20/h5-15,23-25,29H,1-4H3/t23-,24+,25+/m1/s1. The fourth-order valence-electron chi connectivity index (χ4n) is 4.91. The van der Waals surface area contributed by atoms with Crippen molar-refractivity contribution in [2.45, 2.75) is 32.9 Å². The number of nitrogens with zero attached hydrogens (tertiary/aromatic N) is 2. The average molecular weight is 470 g/mol. The molecule has 2 aliphatic rings. The Bertz CT molecular complexity index is 1330. The van der Waals surface area contributed by atoms with E-state index in [1.165, 1.54) is 9.91 Å². The molecule has 178 valence electrons. The minimum Gasteiger partial charge on any atom is -0.496 e. The lowest BCUT2D eigenvalue weighted by Crippen LogP contribution is -2.48. The number of hydrogen-bond donors (Lipinski definition) is 1. The topological polar surface area (TPSA) is 79.0 Å². The van der Waals surface area contributed by atoms with Crippen molar-refractivity contribution in [3.05, 3.63) is 94.5 Å². The van der Waals surface area contributed by atoms with Gasteiger partial charge in [0.05, 0.1) is 24.8 Å². The van der Waals surface area contributed by atoms with Gasteiger partial charge in [-0.05, 0) is 62.2 Å². The summed E-state index contributed by atoms with van der Waals surface area (Å²) in [6.07, 6.45) is 0. The van der Waals surface area contributed by atoms with Crippen molar-refractivity contribution in [1.82, 2.24) is 10.4 Å². The number of methoxy groups -OCH3 is 1. The normalized spacial score (nSPS) is 21.4. The van der Waals surface area contributed by atoms with Gasteiger partial charge in [-0.2, -0.15) is 0 Å². The van der Waals surface area contributed by atoms with Crippen LogP contribution in [0, 0.1) is 26.7 Å². The summed E-state index contributed by atoms with van der Waals surface area (Å²) >= 11 is 0. The monoisotopic (exact) mass is 469 g/mol. The average Bonchev–Trinajstić information content (AvgIpc) is 3.37. The van der Waals surface area contributed by atoms with Crippen LogP contribution in [0.2, 0.25) is 0 Å². The summed E-state index contributed by atoms with van der Waals surface area (Å²) in [5.41, 5.74) is 7.92. The molecule has 7 heteroatoms. The van der Waals surface area contributed by atoms with Gasteiger partial charge < -0.3 is 4.74 Å². The van der Waals surface area contributed by atoms with Crippen LogP contribution in [0.5, 0.6) is 5.75 Å². The predicted molar refractivity (Wildman–Crippen MR) is 132 cm³/mol. The van der Waals surface area contributed by atoms with E-state index in [4.69, 9.17) is 4.74 Å². The van der Waals surface area contributed by atoms with E-state index >= 15 is 0 Å². The van der Waals surface area contributed by atoms with E-state index in [0.717, 1.165) is 16.7 Å². The number of hydrazine groups is 1. The van der Waals surface area contributed by atoms with Crippen molar-refractivity contribution in [3.8, 4) is 5.75 Å². The summed E-state index contributed by atoms with van der Waals surface area (Å²) in [7, 11) is 1.56. The third kappa shape index (κ3) is 3.68. The third-order valence-electron chi connectivity index (χ3n) is 6.97. The number of para-hydroxylation sites is 1. The Hall–Kier alpha value is -3.97. The lowest BCUT2D eigenvalue weighted by atomic mass is 9.90. The van der Waals surface area contributed by atoms with Crippen molar-refractivity contribution < 1.29 is 19.1 Å². The molecule has 35 heavy (non-hydrogen) atoms. The first kappa shape index (κ1) is 22.8. The second-order valence-electron chi connectivity index (χ2n) is 9.14. The molecule has 0 bridgehead atoms. The highest BCUT2D eigenvalue weighted by atomic mass is 16.5. The Morgan fingerprint density at radius 3 is 2.29 bits per heavy atom. The highest BCUT2D eigenvalue weighted by Crippen LogP contribution is 2.44. The maximum atomic E-state index is 13.8. The first-order valence-electron chi connectivity index (χ1n) is 11.6. The van der Waals surface area contributed by atoms with Gasteiger partial charge in [-0.15, -0.1) is 0 Å². The molecule has 0 aromatic heterocycles. The number of aryl methyl sites for hydroxylation is 3. The van der Waals surface area contributed by atoms with Crippen LogP contribution in [0.1, 0.15) is 38.7 Å². The zero-order valence-corrected chi connectivity index (χ0v) is 20.1. The highest BCUT2D eigenvalue weighted by molar-refractivity contribution is 6.25. The van der Waals surface area contributed by atoms with Crippen LogP contribution in [0.3, 0.4) is 0 Å². The number of nitrogens with one attached hydrogen (secondary N) is 1. The molecule has 7 nitrogen and oxygen atoms in total. The molecule has 5 rings (SSSR count). The largest absolute Gasteiger partial charge is 0.496 e. The van der Waals surface area contributed by atoms with Gasteiger partial charge >= 0.3 is 0 Å². The number of carbonyl (C=O) groups is 3. The number of rotatable bonds is 4. The zero-order valence-electron chi connectivity index (χ0n) is 20.1. The number of anilines is 1. The number of amides is 3. The number of hydrogen-bond acceptors (Lipinski definition) is 5. The molecule has 3 amide bonds. The minimum atomic E-state index is -0.979. The Kier molecular flexibility index (Phi) is 5.65. The van der Waals surface area contributed by atoms with E-state index in [1.807, 2.05) is 63.2 Å². The summed E-state index contributed by atoms with van der Waals surface area (Å²) in [5.74, 6) is -1.34. The Morgan fingerprint density at radius 2 is 1.60 bits per heavy atom. The van der Waals surface area contributed by atoms with Gasteiger partial charge in [-0.1, -0.05) is 42.0 Å². The van der Waals surface area contributed by atoms with Crippen molar-refractivity contribution in [1.29, 1.82) is 0 Å². The molecule has 3 aromatic rings. The van der Waals surface area contributed by atoms with Gasteiger partial charge in [0.25, 0.3) is 11.8 Å². The third-order valence-corrected chi connectivity index (χ3v) is 6.97. The van der Waals surface area contributed by atoms with Gasteiger partial charge in [0, 0.05) is 11.1 Å². The Labute approximate surface area is 204 Å². The molecule has 2 saturated heterocycles. The van der Waals surface area contributed by atoms with Crippen molar-refractivity contribution in [3.63, 3.8) is 0 Å². The van der Waals surface area contributed by atoms with E-state index in [9.17, 15) is 14.4 Å². The van der Waals surface area contributed by atoms with Gasteiger partial charge in [0.1, 0.15) is 11.8 Å². The number of benzene rings is 3. The Morgan fingerprint density at radius 1 is 0.886 bits per heavy atom. The maximum Gasteiger partial charge on any atom is 0.268 e. The summed E-state index contributed by atoms with van der Waals surface area (Å²) in [6.45, 7) is 5.86. The molecule has 0 saturated carbocycles. The van der Waals surface area contributed by atoms with Crippen molar-refractivity contribution in [2.24, 2.45) is 5.92 Å². The lowest BCUT2D eigenvalue weighted by molar-refractivity contribution is -0.123. The van der Waals surface area contributed by atoms with E-state index in [2.05, 4.69) is 5.43 Å². The quantitative estimate of drug-likeness (QED) is 0.587. The van der Waals surface area contributed by atoms with E-state index in [0.29, 0.717) is 22.6 Å². The van der Waals surface area contributed by atoms with E-state index in [-0.39, 0.29) is 11.8 Å². The number of carbonyl (C=O) groups excluding carboxylic acids is 3. The first-order chi connectivity index (χ1) is 16.8. The van der Waals surface area contributed by atoms with Gasteiger partial charge in [-0.3, -0.25) is 19.4 Å². The van der Waals surface area contributed by atoms with Gasteiger partial charge in [0.2, 0.25) is 5.91 Å². The second kappa shape index (κ2) is 8.67. The fourth-order valence-corrected chi connectivity index (χ4v) is 4.91. The maximum absolute atomic E-state index is 13.8. The van der Waals surface area contributed by atoms with Crippen LogP contribution in [-0.2, 0) is 9.59 Å². The molecule has 1 N–H and O–H groups in total. The lowest BCUT2D eigenvalue weighted by Gasteiger charge is -2.26. The Balaban J connectivity index is 1.61. The molecular weight excluding hydrogens is 442 g/mol.